The maximum atomic E-state index is 12.4. The number of amides is 2. The number of nitrogens with one attached hydrogen (secondary N) is 5. The van der Waals surface area contributed by atoms with Crippen molar-refractivity contribution in [2.45, 2.75) is 44.9 Å². The van der Waals surface area contributed by atoms with Crippen LogP contribution in [0.2, 0.25) is 0 Å². The topological polar surface area (TPSA) is 120 Å². The summed E-state index contributed by atoms with van der Waals surface area (Å²) in [6.07, 6.45) is 4.11. The highest BCUT2D eigenvalue weighted by Crippen LogP contribution is 2.39. The Kier molecular flexibility index (Phi) is 6.28. The van der Waals surface area contributed by atoms with E-state index in [1.54, 1.807) is 12.3 Å². The minimum absolute atomic E-state index is 0.0681. The van der Waals surface area contributed by atoms with Crippen molar-refractivity contribution >= 4 is 40.7 Å². The molecule has 0 spiro atoms. The minimum atomic E-state index is -0.301. The molecule has 1 aliphatic rings. The number of hydrogen-bond acceptors (Lipinski definition) is 6. The fourth-order valence-electron chi connectivity index (χ4n) is 3.74. The fourth-order valence-corrected chi connectivity index (χ4v) is 3.74. The summed E-state index contributed by atoms with van der Waals surface area (Å²) in [4.78, 5) is 21.2. The number of anilines is 6. The van der Waals surface area contributed by atoms with Crippen molar-refractivity contribution in [2.24, 2.45) is 0 Å². The Morgan fingerprint density at radius 3 is 2.14 bits per heavy atom. The van der Waals surface area contributed by atoms with Crippen LogP contribution in [0.5, 0.6) is 0 Å². The molecule has 2 heterocycles. The molecular formula is C27H30N8O. The van der Waals surface area contributed by atoms with Crippen molar-refractivity contribution in [3.63, 3.8) is 0 Å². The van der Waals surface area contributed by atoms with E-state index in [-0.39, 0.29) is 11.4 Å². The molecule has 9 heteroatoms. The van der Waals surface area contributed by atoms with Gasteiger partial charge in [-0.3, -0.25) is 5.10 Å². The summed E-state index contributed by atoms with van der Waals surface area (Å²) in [5, 5.41) is 19.5. The summed E-state index contributed by atoms with van der Waals surface area (Å²) in [6, 6.07) is 18.7. The predicted molar refractivity (Wildman–Crippen MR) is 143 cm³/mol. The summed E-state index contributed by atoms with van der Waals surface area (Å²) in [7, 11) is 0. The molecule has 1 aliphatic carbocycles. The van der Waals surface area contributed by atoms with Crippen LogP contribution in [0.25, 0.3) is 0 Å². The van der Waals surface area contributed by atoms with Crippen molar-refractivity contribution in [3.05, 3.63) is 78.1 Å². The van der Waals surface area contributed by atoms with Crippen LogP contribution < -0.4 is 21.3 Å². The number of rotatable bonds is 7. The van der Waals surface area contributed by atoms with Crippen LogP contribution in [-0.4, -0.2) is 26.2 Å². The van der Waals surface area contributed by atoms with Crippen molar-refractivity contribution in [3.8, 4) is 0 Å². The molecule has 1 fully saturated rings. The lowest BCUT2D eigenvalue weighted by molar-refractivity contribution is 0.262. The number of aromatic nitrogens is 4. The van der Waals surface area contributed by atoms with E-state index in [4.69, 9.17) is 0 Å². The Morgan fingerprint density at radius 1 is 0.861 bits per heavy atom. The van der Waals surface area contributed by atoms with E-state index < -0.39 is 0 Å². The number of aromatic amines is 1. The maximum absolute atomic E-state index is 12.4. The molecule has 5 rings (SSSR count). The third-order valence-electron chi connectivity index (χ3n) is 5.93. The molecule has 0 aliphatic heterocycles. The number of carbonyl (C=O) groups is 1. The van der Waals surface area contributed by atoms with Gasteiger partial charge in [-0.25, -0.2) is 9.78 Å². The van der Waals surface area contributed by atoms with Crippen LogP contribution in [0.4, 0.5) is 39.4 Å². The Balaban J connectivity index is 1.15. The maximum Gasteiger partial charge on any atom is 0.323 e. The molecule has 9 nitrogen and oxygen atoms in total. The summed E-state index contributed by atoms with van der Waals surface area (Å²) < 4.78 is 0. The Morgan fingerprint density at radius 2 is 1.50 bits per heavy atom. The molecule has 0 unspecified atom stereocenters. The molecule has 2 amide bonds. The summed E-state index contributed by atoms with van der Waals surface area (Å²) in [5.74, 6) is 2.45. The standard InChI is InChI=1S/C27H30N8O/c1-27(2,3)18-6-8-20(9-7-18)30-26(36)31-21-12-10-19(11-13-21)29-25-28-15-14-23(33-25)32-24-16-22(34-35-24)17-4-5-17/h6-17H,4-5H2,1-3H3,(H2,30,31,36)(H3,28,29,32,33,34,35). The second kappa shape index (κ2) is 9.69. The molecule has 1 saturated carbocycles. The van der Waals surface area contributed by atoms with Crippen molar-refractivity contribution in [1.29, 1.82) is 0 Å². The summed E-state index contributed by atoms with van der Waals surface area (Å²) >= 11 is 0. The van der Waals surface area contributed by atoms with Gasteiger partial charge in [0.25, 0.3) is 0 Å². The molecule has 0 bridgehead atoms. The van der Waals surface area contributed by atoms with Crippen LogP contribution in [-0.2, 0) is 5.41 Å². The molecule has 0 saturated heterocycles. The third kappa shape index (κ3) is 5.99. The zero-order valence-electron chi connectivity index (χ0n) is 20.6. The zero-order valence-corrected chi connectivity index (χ0v) is 20.6. The quantitative estimate of drug-likeness (QED) is 0.205. The number of urea groups is 1. The SMILES string of the molecule is CC(C)(C)c1ccc(NC(=O)Nc2ccc(Nc3nccc(Nc4cc(C5CC5)[nH]n4)n3)cc2)cc1. The zero-order chi connectivity index (χ0) is 25.1. The molecule has 5 N–H and O–H groups in total. The van der Waals surface area contributed by atoms with Gasteiger partial charge in [0.15, 0.2) is 5.82 Å². The van der Waals surface area contributed by atoms with Gasteiger partial charge in [0.1, 0.15) is 5.82 Å². The van der Waals surface area contributed by atoms with E-state index in [1.807, 2.05) is 54.6 Å². The molecule has 36 heavy (non-hydrogen) atoms. The van der Waals surface area contributed by atoms with Crippen molar-refractivity contribution < 1.29 is 4.79 Å². The smallest absolute Gasteiger partial charge is 0.323 e. The molecular weight excluding hydrogens is 452 g/mol. The number of carbonyl (C=O) groups excluding carboxylic acids is 1. The van der Waals surface area contributed by atoms with E-state index in [9.17, 15) is 4.79 Å². The molecule has 2 aromatic carbocycles. The first-order valence-electron chi connectivity index (χ1n) is 12.0. The highest BCUT2D eigenvalue weighted by Gasteiger charge is 2.25. The van der Waals surface area contributed by atoms with Gasteiger partial charge < -0.3 is 21.3 Å². The van der Waals surface area contributed by atoms with Gasteiger partial charge in [-0.15, -0.1) is 0 Å². The normalized spacial score (nSPS) is 13.2. The van der Waals surface area contributed by atoms with E-state index in [2.05, 4.69) is 62.2 Å². The van der Waals surface area contributed by atoms with Crippen molar-refractivity contribution in [2.75, 3.05) is 21.3 Å². The Hall–Kier alpha value is -4.40. The lowest BCUT2D eigenvalue weighted by Gasteiger charge is -2.19. The molecule has 184 valence electrons. The van der Waals surface area contributed by atoms with Gasteiger partial charge in [-0.1, -0.05) is 32.9 Å². The van der Waals surface area contributed by atoms with Crippen LogP contribution in [0, 0.1) is 0 Å². The third-order valence-corrected chi connectivity index (χ3v) is 5.93. The van der Waals surface area contributed by atoms with Gasteiger partial charge in [-0.05, 0) is 66.3 Å². The van der Waals surface area contributed by atoms with Crippen molar-refractivity contribution in [1.82, 2.24) is 20.2 Å². The second-order valence-electron chi connectivity index (χ2n) is 9.98. The first-order valence-corrected chi connectivity index (χ1v) is 12.0. The summed E-state index contributed by atoms with van der Waals surface area (Å²) in [6.45, 7) is 6.47. The van der Waals surface area contributed by atoms with Crippen LogP contribution in [0.3, 0.4) is 0 Å². The van der Waals surface area contributed by atoms with Crippen LogP contribution in [0.15, 0.2) is 66.9 Å². The number of benzene rings is 2. The monoisotopic (exact) mass is 482 g/mol. The molecule has 0 radical (unpaired) electrons. The van der Waals surface area contributed by atoms with Gasteiger partial charge >= 0.3 is 6.03 Å². The van der Waals surface area contributed by atoms with Gasteiger partial charge in [0.2, 0.25) is 5.95 Å². The van der Waals surface area contributed by atoms with Crippen LogP contribution in [0.1, 0.15) is 50.8 Å². The van der Waals surface area contributed by atoms with Gasteiger partial charge in [-0.2, -0.15) is 10.1 Å². The van der Waals surface area contributed by atoms with E-state index in [0.717, 1.165) is 22.9 Å². The highest BCUT2D eigenvalue weighted by molar-refractivity contribution is 5.99. The lowest BCUT2D eigenvalue weighted by atomic mass is 9.87. The van der Waals surface area contributed by atoms with E-state index >= 15 is 0 Å². The largest absolute Gasteiger partial charge is 0.324 e. The summed E-state index contributed by atoms with van der Waals surface area (Å²) in [5.41, 5.74) is 4.65. The number of H-pyrrole nitrogens is 1. The first kappa shape index (κ1) is 23.3. The average Bonchev–Trinajstić information content (AvgIpc) is 3.59. The first-order chi connectivity index (χ1) is 17.3. The number of nitrogens with zero attached hydrogens (tertiary/aromatic N) is 3. The molecule has 2 aromatic heterocycles. The predicted octanol–water partition coefficient (Wildman–Crippen LogP) is 6.51. The molecule has 0 atom stereocenters. The highest BCUT2D eigenvalue weighted by atomic mass is 16.2. The number of hydrogen-bond donors (Lipinski definition) is 5. The second-order valence-corrected chi connectivity index (χ2v) is 9.98. The average molecular weight is 483 g/mol. The fraction of sp³-hybridized carbons (Fsp3) is 0.259. The Bertz CT molecular complexity index is 1340. The van der Waals surface area contributed by atoms with E-state index in [1.165, 1.54) is 18.4 Å². The Labute approximate surface area is 210 Å². The molecule has 4 aromatic rings. The van der Waals surface area contributed by atoms with Gasteiger partial charge in [0, 0.05) is 40.9 Å². The van der Waals surface area contributed by atoms with Gasteiger partial charge in [0.05, 0.1) is 0 Å². The minimum Gasteiger partial charge on any atom is -0.324 e. The lowest BCUT2D eigenvalue weighted by Crippen LogP contribution is -2.19. The van der Waals surface area contributed by atoms with E-state index in [0.29, 0.717) is 23.4 Å². The van der Waals surface area contributed by atoms with Crippen LogP contribution >= 0.6 is 0 Å².